The summed E-state index contributed by atoms with van der Waals surface area (Å²) in [6.45, 7) is 10.2. The van der Waals surface area contributed by atoms with Gasteiger partial charge in [-0.05, 0) is 20.2 Å². The lowest BCUT2D eigenvalue weighted by molar-refractivity contribution is 0.362. The molecule has 0 saturated heterocycles. The van der Waals surface area contributed by atoms with Crippen LogP contribution >= 0.6 is 0 Å². The number of hydrogen-bond acceptors (Lipinski definition) is 5. The number of aliphatic imine (C=N–C) groups is 3. The molecule has 0 aromatic rings. The molecule has 1 aliphatic rings. The molecular formula is C9H10N4O. The Hall–Kier alpha value is -2.04. The normalized spacial score (nSPS) is 18.3. The molecule has 0 spiro atoms. The van der Waals surface area contributed by atoms with Crippen molar-refractivity contribution in [2.45, 2.75) is 5.66 Å². The molecule has 0 unspecified atom stereocenters. The first-order chi connectivity index (χ1) is 6.75. The Bertz CT molecular complexity index is 320. The zero-order chi connectivity index (χ0) is 10.6. The van der Waals surface area contributed by atoms with Crippen molar-refractivity contribution in [1.82, 2.24) is 0 Å². The number of ether oxygens (including phenoxy) is 1. The lowest BCUT2D eigenvalue weighted by Crippen LogP contribution is -2.31. The molecule has 0 aromatic carbocycles. The van der Waals surface area contributed by atoms with Crippen molar-refractivity contribution in [2.75, 3.05) is 0 Å². The lowest BCUT2D eigenvalue weighted by atomic mass is 9.98. The average molecular weight is 190 g/mol. The molecule has 0 saturated carbocycles. The third kappa shape index (κ3) is 1.19. The molecule has 0 atom stereocenters. The zero-order valence-corrected chi connectivity index (χ0v) is 7.60. The van der Waals surface area contributed by atoms with Crippen LogP contribution in [0.3, 0.4) is 0 Å². The lowest BCUT2D eigenvalue weighted by Gasteiger charge is -2.27. The molecule has 1 aliphatic heterocycles. The predicted molar refractivity (Wildman–Crippen MR) is 57.4 cm³/mol. The van der Waals surface area contributed by atoms with Gasteiger partial charge in [-0.1, -0.05) is 0 Å². The smallest absolute Gasteiger partial charge is 0.224 e. The van der Waals surface area contributed by atoms with E-state index >= 15 is 0 Å². The summed E-state index contributed by atoms with van der Waals surface area (Å²) in [5.41, 5.74) is -0.377. The van der Waals surface area contributed by atoms with Crippen LogP contribution in [-0.2, 0) is 4.74 Å². The van der Waals surface area contributed by atoms with Crippen LogP contribution in [0.4, 0.5) is 0 Å². The highest BCUT2D eigenvalue weighted by molar-refractivity contribution is 5.81. The van der Waals surface area contributed by atoms with Crippen LogP contribution in [0.25, 0.3) is 0 Å². The first kappa shape index (κ1) is 10.0. The Morgan fingerprint density at radius 1 is 1.29 bits per heavy atom. The summed E-state index contributed by atoms with van der Waals surface area (Å²) < 4.78 is 4.95. The second-order valence-electron chi connectivity index (χ2n) is 2.50. The number of nitrogens with one attached hydrogen (secondary N) is 1. The van der Waals surface area contributed by atoms with Gasteiger partial charge in [0.1, 0.15) is 12.0 Å². The molecule has 14 heavy (non-hydrogen) atoms. The third-order valence-corrected chi connectivity index (χ3v) is 1.92. The van der Waals surface area contributed by atoms with Gasteiger partial charge in [-0.25, -0.2) is 0 Å². The molecule has 0 bridgehead atoms. The number of hydrogen-bond donors (Lipinski definition) is 1. The van der Waals surface area contributed by atoms with Crippen molar-refractivity contribution in [3.63, 3.8) is 0 Å². The van der Waals surface area contributed by atoms with E-state index in [1.165, 1.54) is 12.5 Å². The van der Waals surface area contributed by atoms with Crippen LogP contribution in [0.1, 0.15) is 0 Å². The van der Waals surface area contributed by atoms with Gasteiger partial charge >= 0.3 is 0 Å². The molecule has 1 rings (SSSR count). The first-order valence-electron chi connectivity index (χ1n) is 3.75. The van der Waals surface area contributed by atoms with Crippen LogP contribution in [0.2, 0.25) is 0 Å². The predicted octanol–water partition coefficient (Wildman–Crippen LogP) is 1.19. The van der Waals surface area contributed by atoms with Crippen LogP contribution in [0, 0.1) is 5.41 Å². The Labute approximate surface area is 81.8 Å². The molecule has 0 fully saturated rings. The van der Waals surface area contributed by atoms with Gasteiger partial charge in [0.05, 0.1) is 11.8 Å². The van der Waals surface area contributed by atoms with Crippen LogP contribution < -0.4 is 0 Å². The Kier molecular flexibility index (Phi) is 2.71. The van der Waals surface area contributed by atoms with Gasteiger partial charge in [0, 0.05) is 6.21 Å². The van der Waals surface area contributed by atoms with Crippen molar-refractivity contribution < 1.29 is 4.74 Å². The van der Waals surface area contributed by atoms with E-state index in [0.717, 1.165) is 6.21 Å². The maximum Gasteiger partial charge on any atom is 0.224 e. The third-order valence-electron chi connectivity index (χ3n) is 1.92. The van der Waals surface area contributed by atoms with Crippen LogP contribution in [-0.4, -0.2) is 32.0 Å². The summed E-state index contributed by atoms with van der Waals surface area (Å²) in [7, 11) is 0. The van der Waals surface area contributed by atoms with E-state index in [-0.39, 0.29) is 0 Å². The highest BCUT2D eigenvalue weighted by Gasteiger charge is 2.38. The van der Waals surface area contributed by atoms with Crippen molar-refractivity contribution in [1.29, 1.82) is 5.41 Å². The molecule has 0 amide bonds. The fourth-order valence-corrected chi connectivity index (χ4v) is 1.16. The summed E-state index contributed by atoms with van der Waals surface area (Å²) in [6.07, 6.45) is 3.77. The minimum Gasteiger partial charge on any atom is -0.470 e. The van der Waals surface area contributed by atoms with E-state index in [4.69, 9.17) is 10.1 Å². The highest BCUT2D eigenvalue weighted by Crippen LogP contribution is 2.33. The van der Waals surface area contributed by atoms with E-state index < -0.39 is 5.66 Å². The summed E-state index contributed by atoms with van der Waals surface area (Å²) in [5, 5.41) is 7.19. The molecule has 0 aliphatic carbocycles. The van der Waals surface area contributed by atoms with Gasteiger partial charge < -0.3 is 10.1 Å². The highest BCUT2D eigenvalue weighted by atomic mass is 16.5. The van der Waals surface area contributed by atoms with Crippen molar-refractivity contribution in [2.24, 2.45) is 15.0 Å². The Balaban J connectivity index is 3.33. The van der Waals surface area contributed by atoms with Crippen molar-refractivity contribution in [3.8, 4) is 0 Å². The van der Waals surface area contributed by atoms with Crippen molar-refractivity contribution >= 4 is 26.4 Å². The molecular weight excluding hydrogens is 180 g/mol. The molecule has 1 heterocycles. The minimum absolute atomic E-state index is 0.364. The van der Waals surface area contributed by atoms with Crippen LogP contribution in [0.5, 0.6) is 0 Å². The summed E-state index contributed by atoms with van der Waals surface area (Å²) in [6, 6.07) is 0. The maximum absolute atomic E-state index is 7.19. The second kappa shape index (κ2) is 3.78. The number of rotatable bonds is 4. The van der Waals surface area contributed by atoms with Gasteiger partial charge in [-0.15, -0.1) is 0 Å². The van der Waals surface area contributed by atoms with E-state index in [0.29, 0.717) is 11.3 Å². The zero-order valence-electron chi connectivity index (χ0n) is 7.60. The molecule has 5 nitrogen and oxygen atoms in total. The van der Waals surface area contributed by atoms with Gasteiger partial charge in [-0.2, -0.15) is 0 Å². The molecule has 72 valence electrons. The average Bonchev–Trinajstić information content (AvgIpc) is 2.27. The topological polar surface area (TPSA) is 70.2 Å². The second-order valence-corrected chi connectivity index (χ2v) is 2.50. The SMILES string of the molecule is C=NC1=COC=C(C=N)C1(N=C)N=C. The fraction of sp³-hybridized carbons (Fsp3) is 0.111. The van der Waals surface area contributed by atoms with E-state index in [1.54, 1.807) is 0 Å². The largest absolute Gasteiger partial charge is 0.470 e. The molecule has 0 radical (unpaired) electrons. The maximum atomic E-state index is 7.19. The molecule has 5 heteroatoms. The standard InChI is InChI=1S/C9H10N4O/c1-11-8-6-14-5-7(4-10)9(8,12-2)13-3/h4-6,10H,1-3H2. The molecule has 1 N–H and O–H groups in total. The van der Waals surface area contributed by atoms with E-state index in [2.05, 4.69) is 35.1 Å². The van der Waals surface area contributed by atoms with Crippen molar-refractivity contribution in [3.05, 3.63) is 23.8 Å². The first-order valence-corrected chi connectivity index (χ1v) is 3.75. The monoisotopic (exact) mass is 190 g/mol. The Morgan fingerprint density at radius 2 is 1.93 bits per heavy atom. The van der Waals surface area contributed by atoms with Crippen LogP contribution in [0.15, 0.2) is 38.8 Å². The van der Waals surface area contributed by atoms with E-state index in [9.17, 15) is 0 Å². The molecule has 0 aromatic heterocycles. The van der Waals surface area contributed by atoms with E-state index in [1.807, 2.05) is 0 Å². The summed E-state index contributed by atoms with van der Waals surface area (Å²) in [4.78, 5) is 11.4. The van der Waals surface area contributed by atoms with Gasteiger partial charge in [0.2, 0.25) is 5.66 Å². The van der Waals surface area contributed by atoms with Gasteiger partial charge in [0.15, 0.2) is 0 Å². The fourth-order valence-electron chi connectivity index (χ4n) is 1.16. The Morgan fingerprint density at radius 3 is 2.36 bits per heavy atom. The summed E-state index contributed by atoms with van der Waals surface area (Å²) >= 11 is 0. The minimum atomic E-state index is -1.15. The van der Waals surface area contributed by atoms with Gasteiger partial charge in [0.25, 0.3) is 0 Å². The quantitative estimate of drug-likeness (QED) is 0.664. The summed E-state index contributed by atoms with van der Waals surface area (Å²) in [5.74, 6) is 0. The van der Waals surface area contributed by atoms with Gasteiger partial charge in [-0.3, -0.25) is 15.0 Å². The number of nitrogens with zero attached hydrogens (tertiary/aromatic N) is 3.